The third-order valence-corrected chi connectivity index (χ3v) is 4.68. The van der Waals surface area contributed by atoms with Gasteiger partial charge in [0, 0.05) is 25.7 Å². The smallest absolute Gasteiger partial charge is 0.279 e. The van der Waals surface area contributed by atoms with E-state index in [1.165, 1.54) is 4.31 Å². The van der Waals surface area contributed by atoms with Crippen molar-refractivity contribution in [1.29, 1.82) is 0 Å². The zero-order valence-electron chi connectivity index (χ0n) is 13.8. The van der Waals surface area contributed by atoms with Crippen LogP contribution in [0.5, 0.6) is 0 Å². The molecule has 0 bridgehead atoms. The predicted octanol–water partition coefficient (Wildman–Crippen LogP) is 0.481. The summed E-state index contributed by atoms with van der Waals surface area (Å²) in [6, 6.07) is 0.375. The van der Waals surface area contributed by atoms with Gasteiger partial charge in [0.15, 0.2) is 0 Å². The first-order valence-corrected chi connectivity index (χ1v) is 8.71. The van der Waals surface area contributed by atoms with Crippen LogP contribution in [0.1, 0.15) is 33.6 Å². The Morgan fingerprint density at radius 1 is 1.05 bits per heavy atom. The van der Waals surface area contributed by atoms with Crippen LogP contribution in [0.4, 0.5) is 0 Å². The van der Waals surface area contributed by atoms with Crippen LogP contribution in [0.15, 0.2) is 0 Å². The van der Waals surface area contributed by atoms with Gasteiger partial charge in [-0.25, -0.2) is 0 Å². The normalized spacial score (nSPS) is 14.4. The van der Waals surface area contributed by atoms with Crippen molar-refractivity contribution in [3.8, 4) is 0 Å². The highest BCUT2D eigenvalue weighted by atomic mass is 32.2. The predicted molar refractivity (Wildman–Crippen MR) is 85.1 cm³/mol. The lowest BCUT2D eigenvalue weighted by atomic mass is 10.2. The van der Waals surface area contributed by atoms with Gasteiger partial charge in [0.05, 0.1) is 0 Å². The van der Waals surface area contributed by atoms with Gasteiger partial charge in [-0.3, -0.25) is 0 Å². The number of nitrogens with zero attached hydrogens (tertiary/aromatic N) is 2. The molecule has 0 aromatic rings. The second kappa shape index (κ2) is 9.68. The van der Waals surface area contributed by atoms with Crippen molar-refractivity contribution in [2.75, 3.05) is 40.8 Å². The molecule has 0 saturated heterocycles. The maximum Gasteiger partial charge on any atom is 0.279 e. The van der Waals surface area contributed by atoms with Crippen molar-refractivity contribution in [2.24, 2.45) is 0 Å². The molecule has 0 aliphatic heterocycles. The van der Waals surface area contributed by atoms with Gasteiger partial charge in [-0.05, 0) is 47.0 Å². The van der Waals surface area contributed by atoms with Gasteiger partial charge in [0.25, 0.3) is 10.2 Å². The number of hydrogen-bond donors (Lipinski definition) is 2. The largest absolute Gasteiger partial charge is 0.314 e. The summed E-state index contributed by atoms with van der Waals surface area (Å²) in [5.41, 5.74) is 0. The zero-order valence-corrected chi connectivity index (χ0v) is 14.6. The van der Waals surface area contributed by atoms with Crippen LogP contribution in [0.25, 0.3) is 0 Å². The number of hydrogen-bond acceptors (Lipinski definition) is 4. The van der Waals surface area contributed by atoms with E-state index in [4.69, 9.17) is 0 Å². The van der Waals surface area contributed by atoms with Gasteiger partial charge < -0.3 is 10.2 Å². The molecule has 122 valence electrons. The van der Waals surface area contributed by atoms with Gasteiger partial charge in [0.1, 0.15) is 0 Å². The monoisotopic (exact) mass is 308 g/mol. The molecular formula is C13H32N4O2S. The highest BCUT2D eigenvalue weighted by molar-refractivity contribution is 7.87. The molecule has 0 amide bonds. The highest BCUT2D eigenvalue weighted by Crippen LogP contribution is 2.00. The minimum Gasteiger partial charge on any atom is -0.314 e. The topological polar surface area (TPSA) is 64.7 Å². The fraction of sp³-hybridized carbons (Fsp3) is 1.00. The van der Waals surface area contributed by atoms with Crippen molar-refractivity contribution in [3.05, 3.63) is 0 Å². The Labute approximate surface area is 125 Å². The molecule has 0 rings (SSSR count). The van der Waals surface area contributed by atoms with Gasteiger partial charge in [0.2, 0.25) is 0 Å². The Morgan fingerprint density at radius 3 is 2.15 bits per heavy atom. The van der Waals surface area contributed by atoms with Gasteiger partial charge in [-0.15, -0.1) is 0 Å². The maximum atomic E-state index is 12.1. The molecule has 2 N–H and O–H groups in total. The quantitative estimate of drug-likeness (QED) is 0.545. The van der Waals surface area contributed by atoms with Crippen molar-refractivity contribution < 1.29 is 8.42 Å². The van der Waals surface area contributed by atoms with Crippen LogP contribution in [0.3, 0.4) is 0 Å². The Morgan fingerprint density at radius 2 is 1.65 bits per heavy atom. The first kappa shape index (κ1) is 19.8. The van der Waals surface area contributed by atoms with Crippen molar-refractivity contribution in [1.82, 2.24) is 19.2 Å². The molecule has 0 aromatic carbocycles. The summed E-state index contributed by atoms with van der Waals surface area (Å²) in [5.74, 6) is 0. The average Bonchev–Trinajstić information content (AvgIpc) is 2.31. The van der Waals surface area contributed by atoms with E-state index in [1.54, 1.807) is 7.05 Å². The summed E-state index contributed by atoms with van der Waals surface area (Å²) in [4.78, 5) is 2.05. The molecule has 0 aromatic heterocycles. The first-order chi connectivity index (χ1) is 9.15. The van der Waals surface area contributed by atoms with E-state index >= 15 is 0 Å². The molecule has 6 nitrogen and oxygen atoms in total. The average molecular weight is 308 g/mol. The van der Waals surface area contributed by atoms with E-state index in [0.717, 1.165) is 25.9 Å². The number of nitrogens with one attached hydrogen (secondary N) is 2. The standard InChI is InChI=1S/C13H32N4O2S/c1-12(2)14-9-7-10-17(6)20(18,19)15-13(3)8-11-16(4)5/h12-15H,7-11H2,1-6H3. The molecule has 0 saturated carbocycles. The van der Waals surface area contributed by atoms with Crippen molar-refractivity contribution in [3.63, 3.8) is 0 Å². The summed E-state index contributed by atoms with van der Waals surface area (Å²) in [6.07, 6.45) is 1.61. The fourth-order valence-corrected chi connectivity index (χ4v) is 2.84. The second-order valence-corrected chi connectivity index (χ2v) is 7.71. The Kier molecular flexibility index (Phi) is 9.58. The van der Waals surface area contributed by atoms with Gasteiger partial charge in [-0.1, -0.05) is 13.8 Å². The molecule has 0 spiro atoms. The highest BCUT2D eigenvalue weighted by Gasteiger charge is 2.19. The van der Waals surface area contributed by atoms with Gasteiger partial charge >= 0.3 is 0 Å². The molecule has 0 radical (unpaired) electrons. The molecule has 1 unspecified atom stereocenters. The summed E-state index contributed by atoms with van der Waals surface area (Å²) >= 11 is 0. The van der Waals surface area contributed by atoms with Crippen LogP contribution in [-0.4, -0.2) is 70.5 Å². The van der Waals surface area contributed by atoms with E-state index in [9.17, 15) is 8.42 Å². The summed E-state index contributed by atoms with van der Waals surface area (Å²) in [6.45, 7) is 8.27. The van der Waals surface area contributed by atoms with E-state index in [0.29, 0.717) is 12.6 Å². The molecular weight excluding hydrogens is 276 g/mol. The molecule has 20 heavy (non-hydrogen) atoms. The minimum atomic E-state index is -3.37. The zero-order chi connectivity index (χ0) is 15.8. The molecule has 0 aliphatic rings. The van der Waals surface area contributed by atoms with Gasteiger partial charge in [-0.2, -0.15) is 17.4 Å². The lowest BCUT2D eigenvalue weighted by Crippen LogP contribution is -2.44. The molecule has 7 heteroatoms. The Balaban J connectivity index is 4.07. The third kappa shape index (κ3) is 9.66. The van der Waals surface area contributed by atoms with Crippen LogP contribution in [-0.2, 0) is 10.2 Å². The molecule has 0 heterocycles. The third-order valence-electron chi connectivity index (χ3n) is 2.97. The van der Waals surface area contributed by atoms with Crippen LogP contribution < -0.4 is 10.0 Å². The lowest BCUT2D eigenvalue weighted by Gasteiger charge is -2.22. The van der Waals surface area contributed by atoms with E-state index in [2.05, 4.69) is 23.9 Å². The second-order valence-electron chi connectivity index (χ2n) is 5.90. The maximum absolute atomic E-state index is 12.1. The van der Waals surface area contributed by atoms with E-state index in [-0.39, 0.29) is 6.04 Å². The summed E-state index contributed by atoms with van der Waals surface area (Å²) in [7, 11) is 2.21. The molecule has 1 atom stereocenters. The summed E-state index contributed by atoms with van der Waals surface area (Å²) < 4.78 is 28.3. The lowest BCUT2D eigenvalue weighted by molar-refractivity contribution is 0.373. The minimum absolute atomic E-state index is 0.0568. The molecule has 0 fully saturated rings. The van der Waals surface area contributed by atoms with Crippen LogP contribution >= 0.6 is 0 Å². The molecule has 0 aliphatic carbocycles. The van der Waals surface area contributed by atoms with E-state index in [1.807, 2.05) is 25.9 Å². The Bertz CT molecular complexity index is 344. The SMILES string of the molecule is CC(C)NCCCN(C)S(=O)(=O)NC(C)CCN(C)C. The van der Waals surface area contributed by atoms with Crippen LogP contribution in [0, 0.1) is 0 Å². The van der Waals surface area contributed by atoms with Crippen molar-refractivity contribution >= 4 is 10.2 Å². The van der Waals surface area contributed by atoms with Crippen molar-refractivity contribution in [2.45, 2.75) is 45.7 Å². The fourth-order valence-electron chi connectivity index (χ4n) is 1.67. The summed E-state index contributed by atoms with van der Waals surface area (Å²) in [5, 5.41) is 3.28. The van der Waals surface area contributed by atoms with E-state index < -0.39 is 10.2 Å². The Hall–Kier alpha value is -0.210. The van der Waals surface area contributed by atoms with Crippen LogP contribution in [0.2, 0.25) is 0 Å². The first-order valence-electron chi connectivity index (χ1n) is 7.27. The number of rotatable bonds is 11.